The molecule has 1 aliphatic carbocycles. The van der Waals surface area contributed by atoms with Gasteiger partial charge in [-0.1, -0.05) is 18.2 Å². The molecule has 2 heterocycles. The lowest BCUT2D eigenvalue weighted by Crippen LogP contribution is -2.34. The Morgan fingerprint density at radius 1 is 1.45 bits per heavy atom. The van der Waals surface area contributed by atoms with Crippen LogP contribution < -0.4 is 5.32 Å². The fourth-order valence-corrected chi connectivity index (χ4v) is 4.28. The van der Waals surface area contributed by atoms with Gasteiger partial charge in [-0.25, -0.2) is 0 Å². The second-order valence-corrected chi connectivity index (χ2v) is 5.85. The number of carbonyl (C=O) groups excluding carboxylic acids is 1. The van der Waals surface area contributed by atoms with Gasteiger partial charge in [0, 0.05) is 30.2 Å². The summed E-state index contributed by atoms with van der Waals surface area (Å²) in [5.74, 6) is 0.429. The molecule has 0 aromatic heterocycles. The molecule has 1 saturated carbocycles. The highest BCUT2D eigenvalue weighted by Crippen LogP contribution is 2.55. The molecule has 4 heteroatoms. The van der Waals surface area contributed by atoms with E-state index in [0.29, 0.717) is 12.5 Å². The lowest BCUT2D eigenvalue weighted by atomic mass is 9.91. The summed E-state index contributed by atoms with van der Waals surface area (Å²) in [5.41, 5.74) is 2.44. The van der Waals surface area contributed by atoms with Crippen LogP contribution in [0, 0.1) is 11.8 Å². The first kappa shape index (κ1) is 12.2. The Labute approximate surface area is 118 Å². The minimum absolute atomic E-state index is 0.0687. The smallest absolute Gasteiger partial charge is 0.311 e. The van der Waals surface area contributed by atoms with Crippen molar-refractivity contribution in [1.82, 2.24) is 0 Å². The third kappa shape index (κ3) is 1.54. The van der Waals surface area contributed by atoms with E-state index in [4.69, 9.17) is 9.47 Å². The van der Waals surface area contributed by atoms with E-state index in [1.807, 2.05) is 13.0 Å². The van der Waals surface area contributed by atoms with E-state index < -0.39 is 0 Å². The number of esters is 1. The van der Waals surface area contributed by atoms with Crippen LogP contribution in [0.1, 0.15) is 24.8 Å². The summed E-state index contributed by atoms with van der Waals surface area (Å²) in [6, 6.07) is 8.45. The van der Waals surface area contributed by atoms with Gasteiger partial charge in [-0.05, 0) is 25.0 Å². The van der Waals surface area contributed by atoms with Gasteiger partial charge < -0.3 is 14.8 Å². The molecule has 4 rings (SSSR count). The molecular weight excluding hydrogens is 254 g/mol. The van der Waals surface area contributed by atoms with Crippen molar-refractivity contribution in [3.63, 3.8) is 0 Å². The van der Waals surface area contributed by atoms with Crippen LogP contribution in [0.2, 0.25) is 0 Å². The summed E-state index contributed by atoms with van der Waals surface area (Å²) in [5, 5.41) is 3.53. The molecule has 0 radical (unpaired) electrons. The number of para-hydroxylation sites is 1. The Kier molecular flexibility index (Phi) is 2.74. The number of hydrogen-bond donors (Lipinski definition) is 1. The van der Waals surface area contributed by atoms with E-state index in [0.717, 1.165) is 18.7 Å². The van der Waals surface area contributed by atoms with Crippen molar-refractivity contribution in [2.24, 2.45) is 11.8 Å². The predicted molar refractivity (Wildman–Crippen MR) is 74.6 cm³/mol. The Bertz CT molecular complexity index is 544. The van der Waals surface area contributed by atoms with Crippen molar-refractivity contribution in [3.05, 3.63) is 29.8 Å². The highest BCUT2D eigenvalue weighted by atomic mass is 16.5. The van der Waals surface area contributed by atoms with Gasteiger partial charge in [-0.2, -0.15) is 0 Å². The van der Waals surface area contributed by atoms with Crippen LogP contribution in [-0.4, -0.2) is 31.3 Å². The van der Waals surface area contributed by atoms with E-state index >= 15 is 0 Å². The van der Waals surface area contributed by atoms with Crippen LogP contribution in [0.25, 0.3) is 0 Å². The number of carbonyl (C=O) groups is 1. The average molecular weight is 273 g/mol. The summed E-state index contributed by atoms with van der Waals surface area (Å²) in [4.78, 5) is 12.4. The highest BCUT2D eigenvalue weighted by Gasteiger charge is 2.59. The quantitative estimate of drug-likeness (QED) is 0.839. The van der Waals surface area contributed by atoms with Crippen molar-refractivity contribution in [3.8, 4) is 0 Å². The standard InChI is InChI=1S/C16H19NO3/c1-2-19-16(18)13-10-7-8-20-15(10)12-9-5-3-4-6-11(9)17-14(12)13/h3-6,10,12-15,17H,2,7-8H2,1H3/t10-,12-,13+,14+,15+/m0/s1. The number of fused-ring (bicyclic) bond motifs is 5. The molecule has 0 amide bonds. The molecular formula is C16H19NO3. The van der Waals surface area contributed by atoms with Crippen LogP contribution in [0.15, 0.2) is 24.3 Å². The Morgan fingerprint density at radius 3 is 3.15 bits per heavy atom. The fourth-order valence-electron chi connectivity index (χ4n) is 4.28. The highest BCUT2D eigenvalue weighted by molar-refractivity contribution is 5.78. The van der Waals surface area contributed by atoms with E-state index in [9.17, 15) is 4.79 Å². The molecule has 1 aromatic carbocycles. The monoisotopic (exact) mass is 273 g/mol. The lowest BCUT2D eigenvalue weighted by molar-refractivity contribution is -0.149. The SMILES string of the molecule is CCOC(=O)[C@@H]1[C@@H]2CCO[C@H]2[C@H]2c3ccccc3N[C@@H]12. The average Bonchev–Trinajstić information content (AvgIpc) is 3.07. The number of benzene rings is 1. The van der Waals surface area contributed by atoms with E-state index in [1.54, 1.807) is 0 Å². The third-order valence-corrected chi connectivity index (χ3v) is 4.97. The molecule has 0 spiro atoms. The van der Waals surface area contributed by atoms with Crippen molar-refractivity contribution in [1.29, 1.82) is 0 Å². The molecule has 1 saturated heterocycles. The fraction of sp³-hybridized carbons (Fsp3) is 0.562. The van der Waals surface area contributed by atoms with Gasteiger partial charge in [0.15, 0.2) is 0 Å². The molecule has 20 heavy (non-hydrogen) atoms. The molecule has 0 unspecified atom stereocenters. The van der Waals surface area contributed by atoms with Crippen molar-refractivity contribution < 1.29 is 14.3 Å². The molecule has 2 aliphatic heterocycles. The minimum Gasteiger partial charge on any atom is -0.466 e. The van der Waals surface area contributed by atoms with Gasteiger partial charge in [-0.3, -0.25) is 4.79 Å². The maximum Gasteiger partial charge on any atom is 0.311 e. The van der Waals surface area contributed by atoms with E-state index in [-0.39, 0.29) is 30.0 Å². The first-order chi connectivity index (χ1) is 9.81. The number of anilines is 1. The summed E-state index contributed by atoms with van der Waals surface area (Å²) in [6.45, 7) is 3.07. The second-order valence-electron chi connectivity index (χ2n) is 5.85. The first-order valence-corrected chi connectivity index (χ1v) is 7.45. The maximum absolute atomic E-state index is 12.4. The number of hydrogen-bond acceptors (Lipinski definition) is 4. The van der Waals surface area contributed by atoms with E-state index in [2.05, 4.69) is 23.5 Å². The summed E-state index contributed by atoms with van der Waals surface area (Å²) >= 11 is 0. The number of ether oxygens (including phenoxy) is 2. The molecule has 0 bridgehead atoms. The van der Waals surface area contributed by atoms with Gasteiger partial charge in [0.2, 0.25) is 0 Å². The zero-order chi connectivity index (χ0) is 13.7. The third-order valence-electron chi connectivity index (χ3n) is 4.97. The van der Waals surface area contributed by atoms with Crippen LogP contribution in [-0.2, 0) is 14.3 Å². The van der Waals surface area contributed by atoms with Crippen LogP contribution in [0.4, 0.5) is 5.69 Å². The van der Waals surface area contributed by atoms with Crippen molar-refractivity contribution in [2.75, 3.05) is 18.5 Å². The Balaban J connectivity index is 1.72. The van der Waals surface area contributed by atoms with E-state index in [1.165, 1.54) is 5.56 Å². The second kappa shape index (κ2) is 4.48. The predicted octanol–water partition coefficient (Wildman–Crippen LogP) is 2.16. The zero-order valence-corrected chi connectivity index (χ0v) is 11.5. The topological polar surface area (TPSA) is 47.6 Å². The van der Waals surface area contributed by atoms with Gasteiger partial charge in [0.25, 0.3) is 0 Å². The van der Waals surface area contributed by atoms with Gasteiger partial charge >= 0.3 is 5.97 Å². The van der Waals surface area contributed by atoms with Gasteiger partial charge in [0.05, 0.1) is 18.6 Å². The lowest BCUT2D eigenvalue weighted by Gasteiger charge is -2.21. The van der Waals surface area contributed by atoms with Crippen LogP contribution >= 0.6 is 0 Å². The molecule has 5 atom stereocenters. The normalized spacial score (nSPS) is 37.0. The Morgan fingerprint density at radius 2 is 2.30 bits per heavy atom. The summed E-state index contributed by atoms with van der Waals surface area (Å²) in [6.07, 6.45) is 1.12. The maximum atomic E-state index is 12.4. The molecule has 2 fully saturated rings. The molecule has 106 valence electrons. The minimum atomic E-state index is -0.0835. The first-order valence-electron chi connectivity index (χ1n) is 7.45. The van der Waals surface area contributed by atoms with Gasteiger partial charge in [0.1, 0.15) is 0 Å². The Hall–Kier alpha value is -1.55. The molecule has 1 N–H and O–H groups in total. The van der Waals surface area contributed by atoms with Crippen molar-refractivity contribution in [2.45, 2.75) is 31.4 Å². The largest absolute Gasteiger partial charge is 0.466 e. The summed E-state index contributed by atoms with van der Waals surface area (Å²) < 4.78 is 11.3. The molecule has 3 aliphatic rings. The molecule has 4 nitrogen and oxygen atoms in total. The van der Waals surface area contributed by atoms with Crippen LogP contribution in [0.3, 0.4) is 0 Å². The molecule has 1 aromatic rings. The summed E-state index contributed by atoms with van der Waals surface area (Å²) in [7, 11) is 0. The number of rotatable bonds is 2. The van der Waals surface area contributed by atoms with Gasteiger partial charge in [-0.15, -0.1) is 0 Å². The zero-order valence-electron chi connectivity index (χ0n) is 11.5. The van der Waals surface area contributed by atoms with Crippen LogP contribution in [0.5, 0.6) is 0 Å². The number of nitrogens with one attached hydrogen (secondary N) is 1. The van der Waals surface area contributed by atoms with Crippen molar-refractivity contribution >= 4 is 11.7 Å².